The van der Waals surface area contributed by atoms with Crippen LogP contribution < -0.4 is 9.80 Å². The van der Waals surface area contributed by atoms with E-state index in [1.165, 1.54) is 5.56 Å². The molecule has 0 N–H and O–H groups in total. The van der Waals surface area contributed by atoms with Crippen molar-refractivity contribution >= 4 is 17.4 Å². The SMILES string of the molecule is CCN(C(=O)c1cc(N(Cc2ccccc2)C(C)C)nc(C)n1)c1ccccc1. The summed E-state index contributed by atoms with van der Waals surface area (Å²) in [6.45, 7) is 9.35. The molecular formula is C24H28N4O. The maximum Gasteiger partial charge on any atom is 0.277 e. The third kappa shape index (κ3) is 4.99. The maximum absolute atomic E-state index is 13.2. The van der Waals surface area contributed by atoms with Gasteiger partial charge in [-0.25, -0.2) is 9.97 Å². The van der Waals surface area contributed by atoms with Gasteiger partial charge < -0.3 is 9.80 Å². The first kappa shape index (κ1) is 20.5. The van der Waals surface area contributed by atoms with Gasteiger partial charge in [0.1, 0.15) is 17.3 Å². The van der Waals surface area contributed by atoms with Crippen LogP contribution in [0.5, 0.6) is 0 Å². The average Bonchev–Trinajstić information content (AvgIpc) is 2.73. The van der Waals surface area contributed by atoms with Gasteiger partial charge >= 0.3 is 0 Å². The molecule has 0 saturated carbocycles. The molecule has 0 unspecified atom stereocenters. The van der Waals surface area contributed by atoms with E-state index in [-0.39, 0.29) is 11.9 Å². The van der Waals surface area contributed by atoms with Gasteiger partial charge in [-0.15, -0.1) is 0 Å². The van der Waals surface area contributed by atoms with Gasteiger partial charge in [0.05, 0.1) is 0 Å². The number of para-hydroxylation sites is 1. The van der Waals surface area contributed by atoms with Gasteiger partial charge in [-0.3, -0.25) is 4.79 Å². The van der Waals surface area contributed by atoms with Crippen LogP contribution in [-0.2, 0) is 6.54 Å². The Hall–Kier alpha value is -3.21. The highest BCUT2D eigenvalue weighted by Gasteiger charge is 2.21. The van der Waals surface area contributed by atoms with Gasteiger partial charge in [0.15, 0.2) is 0 Å². The molecule has 1 amide bonds. The molecule has 0 aliphatic heterocycles. The highest BCUT2D eigenvalue weighted by Crippen LogP contribution is 2.22. The van der Waals surface area contributed by atoms with Crippen molar-refractivity contribution in [1.82, 2.24) is 9.97 Å². The van der Waals surface area contributed by atoms with Crippen molar-refractivity contribution in [1.29, 1.82) is 0 Å². The van der Waals surface area contributed by atoms with Crippen LogP contribution in [0.25, 0.3) is 0 Å². The molecule has 5 nitrogen and oxygen atoms in total. The standard InChI is InChI=1S/C24H28N4O/c1-5-27(21-14-10-7-11-15-21)24(29)22-16-23(26-19(4)25-22)28(18(2)3)17-20-12-8-6-9-13-20/h6-16,18H,5,17H2,1-4H3. The molecule has 2 aromatic carbocycles. The molecule has 29 heavy (non-hydrogen) atoms. The Labute approximate surface area is 173 Å². The van der Waals surface area contributed by atoms with Crippen LogP contribution in [0.4, 0.5) is 11.5 Å². The molecule has 0 fully saturated rings. The topological polar surface area (TPSA) is 49.3 Å². The van der Waals surface area contributed by atoms with Crippen LogP contribution in [0, 0.1) is 6.92 Å². The van der Waals surface area contributed by atoms with Gasteiger partial charge in [-0.05, 0) is 45.4 Å². The minimum absolute atomic E-state index is 0.117. The number of anilines is 2. The number of nitrogens with zero attached hydrogens (tertiary/aromatic N) is 4. The first-order chi connectivity index (χ1) is 14.0. The molecule has 5 heteroatoms. The molecule has 0 atom stereocenters. The smallest absolute Gasteiger partial charge is 0.277 e. The van der Waals surface area contributed by atoms with E-state index in [0.717, 1.165) is 18.1 Å². The van der Waals surface area contributed by atoms with Crippen molar-refractivity contribution in [3.63, 3.8) is 0 Å². The lowest BCUT2D eigenvalue weighted by molar-refractivity contribution is 0.0983. The Kier molecular flexibility index (Phi) is 6.60. The van der Waals surface area contributed by atoms with Crippen molar-refractivity contribution in [2.75, 3.05) is 16.3 Å². The maximum atomic E-state index is 13.2. The van der Waals surface area contributed by atoms with Gasteiger partial charge in [0.2, 0.25) is 0 Å². The van der Waals surface area contributed by atoms with Crippen LogP contribution in [-0.4, -0.2) is 28.5 Å². The van der Waals surface area contributed by atoms with Crippen LogP contribution in [0.15, 0.2) is 66.7 Å². The van der Waals surface area contributed by atoms with E-state index in [2.05, 4.69) is 40.8 Å². The quantitative estimate of drug-likeness (QED) is 0.580. The molecule has 0 bridgehead atoms. The number of benzene rings is 2. The average molecular weight is 389 g/mol. The van der Waals surface area contributed by atoms with E-state index in [4.69, 9.17) is 0 Å². The number of aryl methyl sites for hydroxylation is 1. The third-order valence-corrected chi connectivity index (χ3v) is 4.79. The van der Waals surface area contributed by atoms with Crippen LogP contribution >= 0.6 is 0 Å². The van der Waals surface area contributed by atoms with Gasteiger partial charge in [0, 0.05) is 30.9 Å². The summed E-state index contributed by atoms with van der Waals surface area (Å²) in [6, 6.07) is 22.0. The zero-order valence-electron chi connectivity index (χ0n) is 17.5. The minimum atomic E-state index is -0.117. The molecule has 0 radical (unpaired) electrons. The van der Waals surface area contributed by atoms with Crippen LogP contribution in [0.3, 0.4) is 0 Å². The van der Waals surface area contributed by atoms with E-state index in [1.54, 1.807) is 4.90 Å². The Balaban J connectivity index is 1.94. The molecule has 1 aromatic heterocycles. The second-order valence-electron chi connectivity index (χ2n) is 7.25. The first-order valence-corrected chi connectivity index (χ1v) is 10.0. The molecule has 0 aliphatic carbocycles. The van der Waals surface area contributed by atoms with E-state index in [0.29, 0.717) is 18.1 Å². The lowest BCUT2D eigenvalue weighted by Crippen LogP contribution is -2.34. The first-order valence-electron chi connectivity index (χ1n) is 10.0. The van der Waals surface area contributed by atoms with Crippen LogP contribution in [0.2, 0.25) is 0 Å². The summed E-state index contributed by atoms with van der Waals surface area (Å²) in [5.74, 6) is 1.24. The summed E-state index contributed by atoms with van der Waals surface area (Å²) < 4.78 is 0. The Morgan fingerprint density at radius 2 is 1.59 bits per heavy atom. The predicted octanol–water partition coefficient (Wildman–Crippen LogP) is 4.87. The van der Waals surface area contributed by atoms with E-state index in [1.807, 2.05) is 68.4 Å². The second-order valence-corrected chi connectivity index (χ2v) is 7.25. The molecule has 0 aliphatic rings. The number of hydrogen-bond donors (Lipinski definition) is 0. The summed E-state index contributed by atoms with van der Waals surface area (Å²) in [5.41, 5.74) is 2.48. The summed E-state index contributed by atoms with van der Waals surface area (Å²) in [6.07, 6.45) is 0. The Bertz CT molecular complexity index is 942. The van der Waals surface area contributed by atoms with E-state index >= 15 is 0 Å². The third-order valence-electron chi connectivity index (χ3n) is 4.79. The molecule has 0 saturated heterocycles. The zero-order chi connectivity index (χ0) is 20.8. The summed E-state index contributed by atoms with van der Waals surface area (Å²) in [7, 11) is 0. The lowest BCUT2D eigenvalue weighted by atomic mass is 10.2. The molecular weight excluding hydrogens is 360 g/mol. The van der Waals surface area contributed by atoms with Gasteiger partial charge in [-0.2, -0.15) is 0 Å². The number of carbonyl (C=O) groups excluding carboxylic acids is 1. The molecule has 1 heterocycles. The summed E-state index contributed by atoms with van der Waals surface area (Å²) in [5, 5.41) is 0. The normalized spacial score (nSPS) is 10.8. The number of rotatable bonds is 7. The van der Waals surface area contributed by atoms with Gasteiger partial charge in [0.25, 0.3) is 5.91 Å². The van der Waals surface area contributed by atoms with Crippen molar-refractivity contribution < 1.29 is 4.79 Å². The lowest BCUT2D eigenvalue weighted by Gasteiger charge is -2.29. The fourth-order valence-corrected chi connectivity index (χ4v) is 3.31. The molecule has 3 rings (SSSR count). The van der Waals surface area contributed by atoms with E-state index < -0.39 is 0 Å². The van der Waals surface area contributed by atoms with Gasteiger partial charge in [-0.1, -0.05) is 48.5 Å². The molecule has 0 spiro atoms. The predicted molar refractivity (Wildman–Crippen MR) is 118 cm³/mol. The fraction of sp³-hybridized carbons (Fsp3) is 0.292. The number of carbonyl (C=O) groups is 1. The van der Waals surface area contributed by atoms with Crippen molar-refractivity contribution in [3.8, 4) is 0 Å². The molecule has 3 aromatic rings. The Morgan fingerprint density at radius 3 is 2.17 bits per heavy atom. The number of amides is 1. The number of aromatic nitrogens is 2. The van der Waals surface area contributed by atoms with Crippen LogP contribution in [0.1, 0.15) is 42.6 Å². The Morgan fingerprint density at radius 1 is 0.966 bits per heavy atom. The summed E-state index contributed by atoms with van der Waals surface area (Å²) >= 11 is 0. The summed E-state index contributed by atoms with van der Waals surface area (Å²) in [4.78, 5) is 26.3. The largest absolute Gasteiger partial charge is 0.350 e. The minimum Gasteiger partial charge on any atom is -0.350 e. The van der Waals surface area contributed by atoms with Crippen molar-refractivity contribution in [2.24, 2.45) is 0 Å². The van der Waals surface area contributed by atoms with E-state index in [9.17, 15) is 4.79 Å². The van der Waals surface area contributed by atoms with Crippen molar-refractivity contribution in [2.45, 2.75) is 40.3 Å². The highest BCUT2D eigenvalue weighted by molar-refractivity contribution is 6.05. The molecule has 150 valence electrons. The zero-order valence-corrected chi connectivity index (χ0v) is 17.5. The fourth-order valence-electron chi connectivity index (χ4n) is 3.31. The number of hydrogen-bond acceptors (Lipinski definition) is 4. The second kappa shape index (κ2) is 9.32. The highest BCUT2D eigenvalue weighted by atomic mass is 16.2. The monoisotopic (exact) mass is 388 g/mol. The van der Waals surface area contributed by atoms with Crippen molar-refractivity contribution in [3.05, 3.63) is 83.8 Å².